The lowest BCUT2D eigenvalue weighted by Gasteiger charge is -2.22. The maximum absolute atomic E-state index is 5.53. The Labute approximate surface area is 101 Å². The second-order valence-electron chi connectivity index (χ2n) is 4.44. The third-order valence-corrected chi connectivity index (χ3v) is 4.16. The molecule has 0 saturated carbocycles. The molecule has 0 aliphatic carbocycles. The predicted molar refractivity (Wildman–Crippen MR) is 68.8 cm³/mol. The summed E-state index contributed by atoms with van der Waals surface area (Å²) in [5, 5.41) is 4.82. The Morgan fingerprint density at radius 1 is 1.50 bits per heavy atom. The van der Waals surface area contributed by atoms with E-state index in [0.717, 1.165) is 25.9 Å². The summed E-state index contributed by atoms with van der Waals surface area (Å²) in [6, 6.07) is 0.497. The summed E-state index contributed by atoms with van der Waals surface area (Å²) in [6.45, 7) is 4.09. The maximum atomic E-state index is 5.53. The molecule has 0 aromatic carbocycles. The zero-order valence-electron chi connectivity index (χ0n) is 9.96. The fourth-order valence-electron chi connectivity index (χ4n) is 2.23. The standard InChI is InChI=1S/C12H21N3S/c1-9-12(10-5-2-3-8-14-10)15-11(16-9)6-4-7-13/h10,14H,2-8,13H2,1H3. The van der Waals surface area contributed by atoms with Gasteiger partial charge in [-0.2, -0.15) is 0 Å². The average Bonchev–Trinajstić information content (AvgIpc) is 2.69. The van der Waals surface area contributed by atoms with Crippen molar-refractivity contribution in [3.05, 3.63) is 15.6 Å². The monoisotopic (exact) mass is 239 g/mol. The molecule has 1 atom stereocenters. The van der Waals surface area contributed by atoms with Crippen LogP contribution in [0.2, 0.25) is 0 Å². The van der Waals surface area contributed by atoms with Crippen molar-refractivity contribution in [2.45, 2.75) is 45.1 Å². The first-order valence-electron chi connectivity index (χ1n) is 6.21. The number of nitrogens with zero attached hydrogens (tertiary/aromatic N) is 1. The molecule has 4 heteroatoms. The minimum atomic E-state index is 0.497. The molecule has 1 aromatic rings. The zero-order valence-corrected chi connectivity index (χ0v) is 10.8. The Morgan fingerprint density at radius 2 is 2.38 bits per heavy atom. The lowest BCUT2D eigenvalue weighted by atomic mass is 10.0. The number of nitrogens with two attached hydrogens (primary N) is 1. The molecular formula is C12H21N3S. The highest BCUT2D eigenvalue weighted by atomic mass is 32.1. The van der Waals surface area contributed by atoms with Crippen molar-refractivity contribution in [3.63, 3.8) is 0 Å². The topological polar surface area (TPSA) is 50.9 Å². The van der Waals surface area contributed by atoms with E-state index in [4.69, 9.17) is 10.7 Å². The van der Waals surface area contributed by atoms with Crippen LogP contribution >= 0.6 is 11.3 Å². The third-order valence-electron chi connectivity index (χ3n) is 3.11. The van der Waals surface area contributed by atoms with Gasteiger partial charge >= 0.3 is 0 Å². The lowest BCUT2D eigenvalue weighted by Crippen LogP contribution is -2.27. The van der Waals surface area contributed by atoms with Gasteiger partial charge in [-0.15, -0.1) is 11.3 Å². The molecule has 2 rings (SSSR count). The van der Waals surface area contributed by atoms with Crippen LogP contribution in [-0.4, -0.2) is 18.1 Å². The van der Waals surface area contributed by atoms with Crippen LogP contribution in [0.15, 0.2) is 0 Å². The Balaban J connectivity index is 2.04. The highest BCUT2D eigenvalue weighted by molar-refractivity contribution is 7.11. The highest BCUT2D eigenvalue weighted by Crippen LogP contribution is 2.28. The number of nitrogens with one attached hydrogen (secondary N) is 1. The van der Waals surface area contributed by atoms with E-state index in [9.17, 15) is 0 Å². The number of rotatable bonds is 4. The molecule has 1 unspecified atom stereocenters. The van der Waals surface area contributed by atoms with E-state index in [2.05, 4.69) is 12.2 Å². The Hall–Kier alpha value is -0.450. The van der Waals surface area contributed by atoms with Gasteiger partial charge in [-0.05, 0) is 39.3 Å². The number of hydrogen-bond donors (Lipinski definition) is 2. The molecule has 3 nitrogen and oxygen atoms in total. The predicted octanol–water partition coefficient (Wildman–Crippen LogP) is 2.16. The second kappa shape index (κ2) is 5.75. The van der Waals surface area contributed by atoms with Crippen LogP contribution < -0.4 is 11.1 Å². The third kappa shape index (κ3) is 2.81. The van der Waals surface area contributed by atoms with Crippen molar-refractivity contribution < 1.29 is 0 Å². The molecule has 0 amide bonds. The van der Waals surface area contributed by atoms with Crippen LogP contribution in [0.1, 0.15) is 47.3 Å². The molecule has 1 fully saturated rings. The maximum Gasteiger partial charge on any atom is 0.0932 e. The fraction of sp³-hybridized carbons (Fsp3) is 0.750. The second-order valence-corrected chi connectivity index (χ2v) is 5.73. The minimum absolute atomic E-state index is 0.497. The van der Waals surface area contributed by atoms with Crippen molar-refractivity contribution in [2.24, 2.45) is 5.73 Å². The van der Waals surface area contributed by atoms with Crippen molar-refractivity contribution in [2.75, 3.05) is 13.1 Å². The molecule has 0 bridgehead atoms. The first-order valence-corrected chi connectivity index (χ1v) is 7.02. The van der Waals surface area contributed by atoms with Crippen LogP contribution in [0.3, 0.4) is 0 Å². The molecule has 1 aliphatic rings. The van der Waals surface area contributed by atoms with E-state index in [0.29, 0.717) is 6.04 Å². The van der Waals surface area contributed by atoms with Crippen LogP contribution in [0.4, 0.5) is 0 Å². The van der Waals surface area contributed by atoms with E-state index in [1.807, 2.05) is 11.3 Å². The Morgan fingerprint density at radius 3 is 3.06 bits per heavy atom. The number of piperidine rings is 1. The minimum Gasteiger partial charge on any atom is -0.330 e. The zero-order chi connectivity index (χ0) is 11.4. The first kappa shape index (κ1) is 12.0. The van der Waals surface area contributed by atoms with Gasteiger partial charge in [0, 0.05) is 11.3 Å². The number of aryl methyl sites for hydroxylation is 2. The average molecular weight is 239 g/mol. The van der Waals surface area contributed by atoms with Gasteiger partial charge in [0.15, 0.2) is 0 Å². The van der Waals surface area contributed by atoms with Gasteiger partial charge in [-0.1, -0.05) is 6.42 Å². The van der Waals surface area contributed by atoms with Crippen LogP contribution in [-0.2, 0) is 6.42 Å². The largest absolute Gasteiger partial charge is 0.330 e. The summed E-state index contributed by atoms with van der Waals surface area (Å²) in [7, 11) is 0. The van der Waals surface area contributed by atoms with Crippen molar-refractivity contribution >= 4 is 11.3 Å². The lowest BCUT2D eigenvalue weighted by molar-refractivity contribution is 0.405. The Bertz CT molecular complexity index is 329. The van der Waals surface area contributed by atoms with E-state index < -0.39 is 0 Å². The van der Waals surface area contributed by atoms with Gasteiger partial charge < -0.3 is 11.1 Å². The van der Waals surface area contributed by atoms with E-state index >= 15 is 0 Å². The smallest absolute Gasteiger partial charge is 0.0932 e. The molecule has 16 heavy (non-hydrogen) atoms. The summed E-state index contributed by atoms with van der Waals surface area (Å²) >= 11 is 1.84. The fourth-order valence-corrected chi connectivity index (χ4v) is 3.27. The van der Waals surface area contributed by atoms with Gasteiger partial charge in [0.05, 0.1) is 16.7 Å². The van der Waals surface area contributed by atoms with Gasteiger partial charge in [0.1, 0.15) is 0 Å². The van der Waals surface area contributed by atoms with Gasteiger partial charge in [-0.3, -0.25) is 0 Å². The van der Waals surface area contributed by atoms with E-state index in [-0.39, 0.29) is 0 Å². The van der Waals surface area contributed by atoms with Crippen molar-refractivity contribution in [3.8, 4) is 0 Å². The molecule has 1 saturated heterocycles. The normalized spacial score (nSPS) is 21.2. The van der Waals surface area contributed by atoms with Crippen molar-refractivity contribution in [1.29, 1.82) is 0 Å². The van der Waals surface area contributed by atoms with E-state index in [1.165, 1.54) is 34.8 Å². The van der Waals surface area contributed by atoms with E-state index in [1.54, 1.807) is 0 Å². The van der Waals surface area contributed by atoms with Crippen LogP contribution in [0, 0.1) is 6.92 Å². The van der Waals surface area contributed by atoms with Gasteiger partial charge in [0.25, 0.3) is 0 Å². The van der Waals surface area contributed by atoms with Crippen molar-refractivity contribution in [1.82, 2.24) is 10.3 Å². The molecule has 2 heterocycles. The molecule has 1 aromatic heterocycles. The highest BCUT2D eigenvalue weighted by Gasteiger charge is 2.20. The SMILES string of the molecule is Cc1sc(CCCN)nc1C1CCCCN1. The van der Waals surface area contributed by atoms with Gasteiger partial charge in [0.2, 0.25) is 0 Å². The summed E-state index contributed by atoms with van der Waals surface area (Å²) < 4.78 is 0. The number of aromatic nitrogens is 1. The molecule has 3 N–H and O–H groups in total. The molecule has 0 radical (unpaired) electrons. The Kier molecular flexibility index (Phi) is 4.32. The first-order chi connectivity index (χ1) is 7.81. The van der Waals surface area contributed by atoms with Crippen LogP contribution in [0.25, 0.3) is 0 Å². The molecule has 0 spiro atoms. The summed E-state index contributed by atoms with van der Waals surface area (Å²) in [6.07, 6.45) is 5.95. The molecule has 1 aliphatic heterocycles. The summed E-state index contributed by atoms with van der Waals surface area (Å²) in [5.41, 5.74) is 6.82. The summed E-state index contributed by atoms with van der Waals surface area (Å²) in [5.74, 6) is 0. The quantitative estimate of drug-likeness (QED) is 0.846. The number of hydrogen-bond acceptors (Lipinski definition) is 4. The van der Waals surface area contributed by atoms with Crippen LogP contribution in [0.5, 0.6) is 0 Å². The molecule has 90 valence electrons. The summed E-state index contributed by atoms with van der Waals surface area (Å²) in [4.78, 5) is 6.15. The molecular weight excluding hydrogens is 218 g/mol. The number of thiazole rings is 1. The van der Waals surface area contributed by atoms with Gasteiger partial charge in [-0.25, -0.2) is 4.98 Å².